The Hall–Kier alpha value is -1.95. The summed E-state index contributed by atoms with van der Waals surface area (Å²) in [4.78, 5) is 11.1. The van der Waals surface area contributed by atoms with E-state index in [0.29, 0.717) is 13.0 Å². The maximum Gasteiger partial charge on any atom is 0.137 e. The van der Waals surface area contributed by atoms with Gasteiger partial charge in [-0.15, -0.1) is 0 Å². The van der Waals surface area contributed by atoms with Gasteiger partial charge in [0.2, 0.25) is 0 Å². The van der Waals surface area contributed by atoms with Crippen molar-refractivity contribution in [2.45, 2.75) is 40.2 Å². The van der Waals surface area contributed by atoms with Gasteiger partial charge in [-0.3, -0.25) is 0 Å². The van der Waals surface area contributed by atoms with E-state index in [-0.39, 0.29) is 12.0 Å². The molecule has 3 rings (SSSR count). The quantitative estimate of drug-likeness (QED) is 0.931. The number of hydrogen-bond donors (Lipinski definition) is 1. The molecule has 22 heavy (non-hydrogen) atoms. The Kier molecular flexibility index (Phi) is 3.87. The highest BCUT2D eigenvalue weighted by Crippen LogP contribution is 2.28. The first-order valence-corrected chi connectivity index (χ1v) is 7.61. The van der Waals surface area contributed by atoms with Crippen LogP contribution >= 0.6 is 0 Å². The molecule has 1 aliphatic heterocycles. The van der Waals surface area contributed by atoms with Crippen LogP contribution in [0.3, 0.4) is 0 Å². The van der Waals surface area contributed by atoms with Gasteiger partial charge in [0.25, 0.3) is 0 Å². The van der Waals surface area contributed by atoms with Crippen LogP contribution in [0, 0.1) is 33.6 Å². The number of anilines is 1. The second-order valence-electron chi connectivity index (χ2n) is 6.18. The van der Waals surface area contributed by atoms with Gasteiger partial charge >= 0.3 is 0 Å². The third kappa shape index (κ3) is 2.83. The molecule has 0 spiro atoms. The molecule has 0 saturated carbocycles. The Labute approximate surface area is 130 Å². The molecule has 2 aromatic heterocycles. The number of hydrogen-bond acceptors (Lipinski definition) is 6. The van der Waals surface area contributed by atoms with Crippen LogP contribution < -0.4 is 4.90 Å². The molecule has 0 unspecified atom stereocenters. The first-order chi connectivity index (χ1) is 10.4. The molecule has 0 bridgehead atoms. The lowest BCUT2D eigenvalue weighted by Crippen LogP contribution is -2.24. The first kappa shape index (κ1) is 15.0. The van der Waals surface area contributed by atoms with E-state index in [1.165, 1.54) is 0 Å². The van der Waals surface area contributed by atoms with Crippen LogP contribution in [0.4, 0.5) is 5.82 Å². The third-order valence-electron chi connectivity index (χ3n) is 4.32. The van der Waals surface area contributed by atoms with Gasteiger partial charge in [0.05, 0.1) is 11.8 Å². The Balaban J connectivity index is 1.78. The van der Waals surface area contributed by atoms with E-state index in [2.05, 4.69) is 20.0 Å². The molecule has 2 aromatic rings. The molecule has 0 aromatic carbocycles. The second-order valence-corrected chi connectivity index (χ2v) is 6.18. The van der Waals surface area contributed by atoms with Crippen molar-refractivity contribution < 1.29 is 9.63 Å². The SMILES string of the molecule is Cc1cc(C[C@@H]2CN(c3nc(C)nc(C)c3C)C[C@@H]2O)on1. The standard InChI is InChI=1S/C16H22N4O2/c1-9-5-14(22-19-9)6-13-7-20(8-15(13)21)16-10(2)11(3)17-12(4)18-16/h5,13,15,21H,6-8H2,1-4H3/t13-,15+/m1/s1. The van der Waals surface area contributed by atoms with Crippen molar-refractivity contribution in [3.8, 4) is 0 Å². The summed E-state index contributed by atoms with van der Waals surface area (Å²) in [5, 5.41) is 14.3. The zero-order valence-electron chi connectivity index (χ0n) is 13.5. The first-order valence-electron chi connectivity index (χ1n) is 7.61. The van der Waals surface area contributed by atoms with Gasteiger partial charge in [-0.25, -0.2) is 9.97 Å². The van der Waals surface area contributed by atoms with Crippen LogP contribution in [0.25, 0.3) is 0 Å². The highest BCUT2D eigenvalue weighted by atomic mass is 16.5. The lowest BCUT2D eigenvalue weighted by atomic mass is 10.0. The predicted molar refractivity (Wildman–Crippen MR) is 82.9 cm³/mol. The maximum absolute atomic E-state index is 10.4. The number of nitrogens with zero attached hydrogens (tertiary/aromatic N) is 4. The second kappa shape index (κ2) is 5.68. The zero-order valence-corrected chi connectivity index (χ0v) is 13.5. The minimum atomic E-state index is -0.389. The van der Waals surface area contributed by atoms with Crippen molar-refractivity contribution in [3.05, 3.63) is 34.6 Å². The van der Waals surface area contributed by atoms with Gasteiger partial charge in [0.15, 0.2) is 0 Å². The minimum Gasteiger partial charge on any atom is -0.391 e. The monoisotopic (exact) mass is 302 g/mol. The highest BCUT2D eigenvalue weighted by Gasteiger charge is 2.33. The van der Waals surface area contributed by atoms with Crippen LogP contribution in [0.15, 0.2) is 10.6 Å². The molecule has 1 saturated heterocycles. The maximum atomic E-state index is 10.4. The van der Waals surface area contributed by atoms with E-state index in [0.717, 1.165) is 40.9 Å². The van der Waals surface area contributed by atoms with Crippen molar-refractivity contribution in [2.75, 3.05) is 18.0 Å². The average molecular weight is 302 g/mol. The smallest absolute Gasteiger partial charge is 0.137 e. The molecule has 0 amide bonds. The summed E-state index contributed by atoms with van der Waals surface area (Å²) in [6.07, 6.45) is 0.307. The van der Waals surface area contributed by atoms with Crippen molar-refractivity contribution >= 4 is 5.82 Å². The number of rotatable bonds is 3. The summed E-state index contributed by atoms with van der Waals surface area (Å²) < 4.78 is 5.27. The number of aromatic nitrogens is 3. The summed E-state index contributed by atoms with van der Waals surface area (Å²) in [5.41, 5.74) is 2.94. The fourth-order valence-electron chi connectivity index (χ4n) is 3.06. The summed E-state index contributed by atoms with van der Waals surface area (Å²) in [6.45, 7) is 9.18. The average Bonchev–Trinajstić information content (AvgIpc) is 3.01. The van der Waals surface area contributed by atoms with Gasteiger partial charge < -0.3 is 14.5 Å². The van der Waals surface area contributed by atoms with Crippen LogP contribution in [0.1, 0.15) is 28.5 Å². The van der Waals surface area contributed by atoms with E-state index >= 15 is 0 Å². The topological polar surface area (TPSA) is 75.3 Å². The molecule has 1 N–H and O–H groups in total. The largest absolute Gasteiger partial charge is 0.391 e. The molecular formula is C16H22N4O2. The fraction of sp³-hybridized carbons (Fsp3) is 0.562. The predicted octanol–water partition coefficient (Wildman–Crippen LogP) is 1.74. The Bertz CT molecular complexity index is 683. The minimum absolute atomic E-state index is 0.127. The third-order valence-corrected chi connectivity index (χ3v) is 4.32. The van der Waals surface area contributed by atoms with Crippen LogP contribution in [-0.2, 0) is 6.42 Å². The van der Waals surface area contributed by atoms with Crippen molar-refractivity contribution in [1.29, 1.82) is 0 Å². The molecule has 1 fully saturated rings. The molecule has 2 atom stereocenters. The van der Waals surface area contributed by atoms with Crippen molar-refractivity contribution in [2.24, 2.45) is 5.92 Å². The number of aliphatic hydroxyl groups is 1. The van der Waals surface area contributed by atoms with E-state index < -0.39 is 0 Å². The molecule has 6 heteroatoms. The number of aryl methyl sites for hydroxylation is 3. The van der Waals surface area contributed by atoms with Gasteiger partial charge in [-0.1, -0.05) is 5.16 Å². The molecule has 0 radical (unpaired) electrons. The normalized spacial score (nSPS) is 21.6. The summed E-state index contributed by atoms with van der Waals surface area (Å²) in [5.74, 6) is 2.65. The lowest BCUT2D eigenvalue weighted by molar-refractivity contribution is 0.143. The van der Waals surface area contributed by atoms with Crippen LogP contribution in [0.5, 0.6) is 0 Å². The Morgan fingerprint density at radius 2 is 2.00 bits per heavy atom. The van der Waals surface area contributed by atoms with E-state index in [1.54, 1.807) is 0 Å². The lowest BCUT2D eigenvalue weighted by Gasteiger charge is -2.20. The zero-order chi connectivity index (χ0) is 15.9. The highest BCUT2D eigenvalue weighted by molar-refractivity contribution is 5.49. The van der Waals surface area contributed by atoms with Crippen LogP contribution in [-0.4, -0.2) is 39.4 Å². The van der Waals surface area contributed by atoms with Crippen molar-refractivity contribution in [3.63, 3.8) is 0 Å². The van der Waals surface area contributed by atoms with E-state index in [1.807, 2.05) is 33.8 Å². The van der Waals surface area contributed by atoms with Gasteiger partial charge in [-0.2, -0.15) is 0 Å². The number of β-amino-alcohol motifs (C(OH)–C–C–N with tert-alkyl or cyclic N) is 1. The Morgan fingerprint density at radius 3 is 2.68 bits per heavy atom. The molecule has 6 nitrogen and oxygen atoms in total. The van der Waals surface area contributed by atoms with Gasteiger partial charge in [0.1, 0.15) is 17.4 Å². The summed E-state index contributed by atoms with van der Waals surface area (Å²) in [6, 6.07) is 1.93. The number of aliphatic hydroxyl groups excluding tert-OH is 1. The fourth-order valence-corrected chi connectivity index (χ4v) is 3.06. The molecular weight excluding hydrogens is 280 g/mol. The Morgan fingerprint density at radius 1 is 1.23 bits per heavy atom. The van der Waals surface area contributed by atoms with Gasteiger partial charge in [0, 0.05) is 42.8 Å². The van der Waals surface area contributed by atoms with E-state index in [4.69, 9.17) is 4.52 Å². The molecule has 118 valence electrons. The van der Waals surface area contributed by atoms with E-state index in [9.17, 15) is 5.11 Å². The molecule has 3 heterocycles. The summed E-state index contributed by atoms with van der Waals surface area (Å²) >= 11 is 0. The van der Waals surface area contributed by atoms with Crippen molar-refractivity contribution in [1.82, 2.24) is 15.1 Å². The van der Waals surface area contributed by atoms with Gasteiger partial charge in [-0.05, 0) is 27.7 Å². The van der Waals surface area contributed by atoms with Crippen LogP contribution in [0.2, 0.25) is 0 Å². The molecule has 0 aliphatic carbocycles. The molecule has 1 aliphatic rings. The summed E-state index contributed by atoms with van der Waals surface area (Å²) in [7, 11) is 0.